The van der Waals surface area contributed by atoms with Crippen molar-refractivity contribution in [1.82, 2.24) is 4.57 Å². The molecule has 0 radical (unpaired) electrons. The summed E-state index contributed by atoms with van der Waals surface area (Å²) in [5, 5.41) is 0. The minimum Gasteiger partial charge on any atom is -0.234 e. The maximum Gasteiger partial charge on any atom is 0.256 e. The molecule has 0 atom stereocenters. The van der Waals surface area contributed by atoms with E-state index < -0.39 is 0 Å². The Kier molecular flexibility index (Phi) is 22.0. The van der Waals surface area contributed by atoms with Crippen molar-refractivity contribution in [3.63, 3.8) is 0 Å². The lowest BCUT2D eigenvalue weighted by molar-refractivity contribution is -0.704. The van der Waals surface area contributed by atoms with Gasteiger partial charge in [-0.1, -0.05) is 136 Å². The normalized spacial score (nSPS) is 11.5. The van der Waals surface area contributed by atoms with Crippen LogP contribution in [0.5, 0.6) is 0 Å². The zero-order valence-electron chi connectivity index (χ0n) is 23.9. The Morgan fingerprint density at radius 3 is 1.41 bits per heavy atom. The van der Waals surface area contributed by atoms with Gasteiger partial charge in [0.25, 0.3) is 5.82 Å². The van der Waals surface area contributed by atoms with E-state index in [1.165, 1.54) is 167 Å². The second-order valence-corrected chi connectivity index (χ2v) is 10.9. The maximum absolute atomic E-state index is 2.61. The van der Waals surface area contributed by atoms with Gasteiger partial charge in [-0.05, 0) is 32.1 Å². The summed E-state index contributed by atoms with van der Waals surface area (Å²) in [6, 6.07) is 0. The molecule has 0 N–H and O–H groups in total. The Balaban J connectivity index is 2.32. The van der Waals surface area contributed by atoms with Gasteiger partial charge in [0.05, 0.1) is 13.1 Å². The van der Waals surface area contributed by atoms with Crippen LogP contribution in [-0.4, -0.2) is 4.57 Å². The lowest BCUT2D eigenvalue weighted by Crippen LogP contribution is -2.37. The van der Waals surface area contributed by atoms with Crippen LogP contribution in [-0.2, 0) is 19.5 Å². The van der Waals surface area contributed by atoms with Gasteiger partial charge in [-0.15, -0.1) is 0 Å². The average Bonchev–Trinajstić information content (AvgIpc) is 3.23. The van der Waals surface area contributed by atoms with Crippen LogP contribution in [0.15, 0.2) is 12.4 Å². The van der Waals surface area contributed by atoms with E-state index in [2.05, 4.69) is 42.3 Å². The van der Waals surface area contributed by atoms with Crippen molar-refractivity contribution < 1.29 is 4.57 Å². The third kappa shape index (κ3) is 16.8. The third-order valence-electron chi connectivity index (χ3n) is 7.60. The van der Waals surface area contributed by atoms with Crippen LogP contribution in [0, 0.1) is 0 Å². The lowest BCUT2D eigenvalue weighted by atomic mass is 10.1. The summed E-state index contributed by atoms with van der Waals surface area (Å²) in [4.78, 5) is 0. The molecule has 1 aromatic heterocycles. The van der Waals surface area contributed by atoms with Gasteiger partial charge in [0.1, 0.15) is 12.4 Å². The van der Waals surface area contributed by atoms with E-state index in [1.807, 2.05) is 0 Å². The summed E-state index contributed by atoms with van der Waals surface area (Å²) in [5.41, 5.74) is 0. The van der Waals surface area contributed by atoms with Crippen LogP contribution in [0.25, 0.3) is 0 Å². The van der Waals surface area contributed by atoms with Gasteiger partial charge in [0.15, 0.2) is 0 Å². The number of unbranched alkanes of at least 4 members (excludes halogenated alkanes) is 20. The molecule has 0 aliphatic rings. The molecular formula is C32H63N2+. The molecule has 2 heteroatoms. The number of aryl methyl sites for hydroxylation is 2. The van der Waals surface area contributed by atoms with Gasteiger partial charge in [-0.2, -0.15) is 0 Å². The third-order valence-corrected chi connectivity index (χ3v) is 7.60. The predicted octanol–water partition coefficient (Wildman–Crippen LogP) is 10.4. The van der Waals surface area contributed by atoms with Gasteiger partial charge in [0.2, 0.25) is 0 Å². The number of nitrogens with zero attached hydrogens (tertiary/aromatic N) is 2. The number of imidazole rings is 1. The lowest BCUT2D eigenvalue weighted by Gasteiger charge is -2.07. The predicted molar refractivity (Wildman–Crippen MR) is 152 cm³/mol. The summed E-state index contributed by atoms with van der Waals surface area (Å²) in [6.07, 6.45) is 38.5. The smallest absolute Gasteiger partial charge is 0.234 e. The molecule has 2 nitrogen and oxygen atoms in total. The standard InChI is InChI=1S/C32H63N2/c1-4-7-10-13-15-17-18-20-23-26-29-34-31-30-33(32(34)27-24-21-12-9-6-3)28-25-22-19-16-14-11-8-5-2/h30-31H,4-29H2,1-3H3/q+1. The molecular weight excluding hydrogens is 412 g/mol. The minimum atomic E-state index is 1.23. The molecule has 0 saturated heterocycles. The molecule has 1 rings (SSSR count). The zero-order chi connectivity index (χ0) is 24.5. The molecule has 0 spiro atoms. The molecule has 1 aromatic rings. The van der Waals surface area contributed by atoms with E-state index in [0.29, 0.717) is 0 Å². The van der Waals surface area contributed by atoms with Crippen LogP contribution >= 0.6 is 0 Å². The molecule has 0 saturated carbocycles. The number of aromatic nitrogens is 2. The second-order valence-electron chi connectivity index (χ2n) is 10.9. The Morgan fingerprint density at radius 2 is 0.912 bits per heavy atom. The van der Waals surface area contributed by atoms with Gasteiger partial charge in [-0.3, -0.25) is 0 Å². The highest BCUT2D eigenvalue weighted by Gasteiger charge is 2.16. The number of rotatable bonds is 26. The van der Waals surface area contributed by atoms with E-state index in [-0.39, 0.29) is 0 Å². The van der Waals surface area contributed by atoms with Crippen molar-refractivity contribution in [1.29, 1.82) is 0 Å². The molecule has 200 valence electrons. The number of hydrogen-bond donors (Lipinski definition) is 0. The van der Waals surface area contributed by atoms with Gasteiger partial charge < -0.3 is 0 Å². The van der Waals surface area contributed by atoms with Crippen LogP contribution < -0.4 is 4.57 Å². The summed E-state index contributed by atoms with van der Waals surface area (Å²) in [7, 11) is 0. The Morgan fingerprint density at radius 1 is 0.500 bits per heavy atom. The van der Waals surface area contributed by atoms with Crippen LogP contribution in [0.2, 0.25) is 0 Å². The minimum absolute atomic E-state index is 1.23. The molecule has 0 amide bonds. The van der Waals surface area contributed by atoms with Crippen molar-refractivity contribution in [2.75, 3.05) is 0 Å². The molecule has 0 fully saturated rings. The van der Waals surface area contributed by atoms with Crippen molar-refractivity contribution >= 4 is 0 Å². The first-order valence-electron chi connectivity index (χ1n) is 15.9. The van der Waals surface area contributed by atoms with E-state index >= 15 is 0 Å². The van der Waals surface area contributed by atoms with Crippen molar-refractivity contribution in [2.24, 2.45) is 0 Å². The van der Waals surface area contributed by atoms with Crippen LogP contribution in [0.1, 0.15) is 174 Å². The zero-order valence-corrected chi connectivity index (χ0v) is 23.9. The number of hydrogen-bond acceptors (Lipinski definition) is 0. The fourth-order valence-electron chi connectivity index (χ4n) is 5.26. The molecule has 34 heavy (non-hydrogen) atoms. The molecule has 1 heterocycles. The second kappa shape index (κ2) is 23.9. The highest BCUT2D eigenvalue weighted by Crippen LogP contribution is 2.13. The monoisotopic (exact) mass is 475 g/mol. The summed E-state index contributed by atoms with van der Waals surface area (Å²) in [5.74, 6) is 1.61. The van der Waals surface area contributed by atoms with Gasteiger partial charge >= 0.3 is 0 Å². The highest BCUT2D eigenvalue weighted by atomic mass is 15.1. The largest absolute Gasteiger partial charge is 0.256 e. The Labute approximate surface area is 215 Å². The first-order valence-corrected chi connectivity index (χ1v) is 15.9. The summed E-state index contributed by atoms with van der Waals surface area (Å²) >= 11 is 0. The topological polar surface area (TPSA) is 8.81 Å². The van der Waals surface area contributed by atoms with Crippen LogP contribution in [0.4, 0.5) is 0 Å². The van der Waals surface area contributed by atoms with Crippen molar-refractivity contribution in [3.8, 4) is 0 Å². The SMILES string of the molecule is CCCCCCCCCCCC[n+]1ccn(CCCCCCCCCC)c1CCCCCCC. The first-order chi connectivity index (χ1) is 16.8. The van der Waals surface area contributed by atoms with Crippen LogP contribution in [0.3, 0.4) is 0 Å². The quantitative estimate of drug-likeness (QED) is 0.0930. The van der Waals surface area contributed by atoms with E-state index in [1.54, 1.807) is 5.82 Å². The molecule has 0 bridgehead atoms. The maximum atomic E-state index is 2.61. The fourth-order valence-corrected chi connectivity index (χ4v) is 5.26. The Hall–Kier alpha value is -0.790. The van der Waals surface area contributed by atoms with E-state index in [0.717, 1.165) is 0 Å². The van der Waals surface area contributed by atoms with Gasteiger partial charge in [0, 0.05) is 6.42 Å². The van der Waals surface area contributed by atoms with E-state index in [4.69, 9.17) is 0 Å². The van der Waals surface area contributed by atoms with E-state index in [9.17, 15) is 0 Å². The van der Waals surface area contributed by atoms with Crippen molar-refractivity contribution in [3.05, 3.63) is 18.2 Å². The summed E-state index contributed by atoms with van der Waals surface area (Å²) < 4.78 is 5.21. The fraction of sp³-hybridized carbons (Fsp3) is 0.906. The van der Waals surface area contributed by atoms with Crippen molar-refractivity contribution in [2.45, 2.75) is 188 Å². The average molecular weight is 476 g/mol. The molecule has 0 aliphatic heterocycles. The summed E-state index contributed by atoms with van der Waals surface area (Å²) in [6.45, 7) is 9.38. The Bertz CT molecular complexity index is 533. The molecule has 0 aromatic carbocycles. The molecule has 0 aliphatic carbocycles. The first kappa shape index (κ1) is 31.2. The highest BCUT2D eigenvalue weighted by molar-refractivity contribution is 4.84. The molecule has 0 unspecified atom stereocenters. The van der Waals surface area contributed by atoms with Gasteiger partial charge in [-0.25, -0.2) is 9.13 Å².